The van der Waals surface area contributed by atoms with E-state index in [4.69, 9.17) is 5.11 Å². The molecule has 0 spiro atoms. The second kappa shape index (κ2) is 6.48. The predicted octanol–water partition coefficient (Wildman–Crippen LogP) is 1.79. The van der Waals surface area contributed by atoms with Crippen molar-refractivity contribution >= 4 is 17.6 Å². The monoisotopic (exact) mass is 267 g/mol. The Morgan fingerprint density at radius 2 is 2.11 bits per heavy atom. The molecule has 0 unspecified atom stereocenters. The van der Waals surface area contributed by atoms with Crippen LogP contribution in [0.1, 0.15) is 28.8 Å². The van der Waals surface area contributed by atoms with Gasteiger partial charge in [0.25, 0.3) is 5.69 Å². The molecule has 0 aromatic heterocycles. The van der Waals surface area contributed by atoms with Crippen LogP contribution in [0, 0.1) is 10.1 Å². The number of carbonyl (C=O) groups is 2. The average molecular weight is 267 g/mol. The average Bonchev–Trinajstić information content (AvgIpc) is 2.37. The van der Waals surface area contributed by atoms with Gasteiger partial charge in [-0.25, -0.2) is 4.79 Å². The summed E-state index contributed by atoms with van der Waals surface area (Å²) >= 11 is 0. The van der Waals surface area contributed by atoms with Crippen molar-refractivity contribution in [2.24, 2.45) is 0 Å². The third kappa shape index (κ3) is 3.77. The zero-order valence-corrected chi connectivity index (χ0v) is 10.3. The largest absolute Gasteiger partial charge is 0.481 e. The van der Waals surface area contributed by atoms with Crippen LogP contribution in [0.25, 0.3) is 0 Å². The topological polar surface area (TPSA) is 107 Å². The lowest BCUT2D eigenvalue weighted by Crippen LogP contribution is -2.09. The number of methoxy groups -OCH3 is 1. The Labute approximate surface area is 109 Å². The summed E-state index contributed by atoms with van der Waals surface area (Å²) in [5.41, 5.74) is 0.107. The van der Waals surface area contributed by atoms with Crippen molar-refractivity contribution in [2.75, 3.05) is 7.11 Å². The molecule has 0 bridgehead atoms. The van der Waals surface area contributed by atoms with Crippen LogP contribution in [0.5, 0.6) is 0 Å². The highest BCUT2D eigenvalue weighted by Gasteiger charge is 2.21. The summed E-state index contributed by atoms with van der Waals surface area (Å²) in [5, 5.41) is 19.5. The van der Waals surface area contributed by atoms with Gasteiger partial charge in [0.2, 0.25) is 0 Å². The molecule has 0 aliphatic rings. The molecule has 0 heterocycles. The number of ether oxygens (including phenoxy) is 1. The first-order chi connectivity index (χ1) is 8.97. The van der Waals surface area contributed by atoms with E-state index < -0.39 is 16.9 Å². The van der Waals surface area contributed by atoms with E-state index >= 15 is 0 Å². The van der Waals surface area contributed by atoms with Gasteiger partial charge in [0, 0.05) is 18.1 Å². The molecule has 7 heteroatoms. The molecule has 19 heavy (non-hydrogen) atoms. The molecule has 0 aliphatic carbocycles. The lowest BCUT2D eigenvalue weighted by molar-refractivity contribution is -0.385. The highest BCUT2D eigenvalue weighted by Crippen LogP contribution is 2.25. The van der Waals surface area contributed by atoms with Gasteiger partial charge in [-0.15, -0.1) is 0 Å². The quantitative estimate of drug-likeness (QED) is 0.478. The molecule has 0 saturated carbocycles. The molecule has 0 radical (unpaired) electrons. The summed E-state index contributed by atoms with van der Waals surface area (Å²) in [6, 6.07) is 4.10. The van der Waals surface area contributed by atoms with E-state index in [0.717, 1.165) is 0 Å². The first-order valence-corrected chi connectivity index (χ1v) is 5.53. The SMILES string of the molecule is COC(=O)c1cccc([N+](=O)[O-])c1CCCC(=O)O. The van der Waals surface area contributed by atoms with E-state index in [1.165, 1.54) is 25.3 Å². The van der Waals surface area contributed by atoms with Crippen molar-refractivity contribution in [3.05, 3.63) is 39.4 Å². The molecule has 0 saturated heterocycles. The number of hydrogen-bond donors (Lipinski definition) is 1. The van der Waals surface area contributed by atoms with E-state index in [1.54, 1.807) is 0 Å². The summed E-state index contributed by atoms with van der Waals surface area (Å²) in [4.78, 5) is 32.3. The lowest BCUT2D eigenvalue weighted by atomic mass is 10.00. The van der Waals surface area contributed by atoms with Crippen molar-refractivity contribution in [2.45, 2.75) is 19.3 Å². The Hall–Kier alpha value is -2.44. The molecule has 1 rings (SSSR count). The van der Waals surface area contributed by atoms with Crippen LogP contribution >= 0.6 is 0 Å². The minimum atomic E-state index is -0.988. The maximum atomic E-state index is 11.5. The number of nitro benzene ring substituents is 1. The van der Waals surface area contributed by atoms with Gasteiger partial charge < -0.3 is 9.84 Å². The van der Waals surface area contributed by atoms with Gasteiger partial charge in [0.05, 0.1) is 17.6 Å². The maximum Gasteiger partial charge on any atom is 0.338 e. The Bertz CT molecular complexity index is 511. The van der Waals surface area contributed by atoms with Crippen molar-refractivity contribution in [3.63, 3.8) is 0 Å². The van der Waals surface area contributed by atoms with Gasteiger partial charge in [0.1, 0.15) is 0 Å². The lowest BCUT2D eigenvalue weighted by Gasteiger charge is -2.07. The van der Waals surface area contributed by atoms with Crippen LogP contribution in [0.15, 0.2) is 18.2 Å². The summed E-state index contributed by atoms with van der Waals surface area (Å²) in [6.07, 6.45) is 0.227. The fourth-order valence-corrected chi connectivity index (χ4v) is 1.73. The van der Waals surface area contributed by atoms with Gasteiger partial charge in [-0.1, -0.05) is 6.07 Å². The van der Waals surface area contributed by atoms with Gasteiger partial charge in [-0.05, 0) is 18.9 Å². The standard InChI is InChI=1S/C12H13NO6/c1-19-12(16)9-5-2-6-10(13(17)18)8(9)4-3-7-11(14)15/h2,5-6H,3-4,7H2,1H3,(H,14,15). The van der Waals surface area contributed by atoms with Gasteiger partial charge in [0.15, 0.2) is 0 Å². The van der Waals surface area contributed by atoms with Gasteiger partial charge in [-0.2, -0.15) is 0 Å². The van der Waals surface area contributed by atoms with Crippen LogP contribution < -0.4 is 0 Å². The summed E-state index contributed by atoms with van der Waals surface area (Å²) in [5.74, 6) is -1.66. The molecule has 0 fully saturated rings. The molecule has 1 aromatic carbocycles. The molecule has 1 aromatic rings. The zero-order valence-electron chi connectivity index (χ0n) is 10.3. The van der Waals surface area contributed by atoms with Crippen LogP contribution in [0.3, 0.4) is 0 Å². The Morgan fingerprint density at radius 3 is 2.63 bits per heavy atom. The number of hydrogen-bond acceptors (Lipinski definition) is 5. The van der Waals surface area contributed by atoms with E-state index in [0.29, 0.717) is 0 Å². The van der Waals surface area contributed by atoms with Crippen molar-refractivity contribution in [1.29, 1.82) is 0 Å². The van der Waals surface area contributed by atoms with E-state index in [-0.39, 0.29) is 36.1 Å². The Balaban J connectivity index is 3.10. The van der Waals surface area contributed by atoms with Gasteiger partial charge in [-0.3, -0.25) is 14.9 Å². The van der Waals surface area contributed by atoms with Crippen molar-refractivity contribution < 1.29 is 24.4 Å². The number of rotatable bonds is 6. The first kappa shape index (κ1) is 14.6. The molecular formula is C12H13NO6. The summed E-state index contributed by atoms with van der Waals surface area (Å²) in [6.45, 7) is 0. The number of carbonyl (C=O) groups excluding carboxylic acids is 1. The van der Waals surface area contributed by atoms with Crippen LogP contribution in [-0.4, -0.2) is 29.1 Å². The van der Waals surface area contributed by atoms with Crippen LogP contribution in [-0.2, 0) is 16.0 Å². The van der Waals surface area contributed by atoms with E-state index in [9.17, 15) is 19.7 Å². The number of carboxylic acid groups (broad SMARTS) is 1. The molecule has 7 nitrogen and oxygen atoms in total. The third-order valence-corrected chi connectivity index (χ3v) is 2.57. The number of aliphatic carboxylic acids is 1. The van der Waals surface area contributed by atoms with E-state index in [1.807, 2.05) is 0 Å². The minimum Gasteiger partial charge on any atom is -0.481 e. The maximum absolute atomic E-state index is 11.5. The number of nitro groups is 1. The van der Waals surface area contributed by atoms with Gasteiger partial charge >= 0.3 is 11.9 Å². The fourth-order valence-electron chi connectivity index (χ4n) is 1.73. The zero-order chi connectivity index (χ0) is 14.4. The second-order valence-corrected chi connectivity index (χ2v) is 3.80. The fraction of sp³-hybridized carbons (Fsp3) is 0.333. The number of benzene rings is 1. The van der Waals surface area contributed by atoms with Crippen LogP contribution in [0.4, 0.5) is 5.69 Å². The minimum absolute atomic E-state index is 0.0992. The summed E-state index contributed by atoms with van der Waals surface area (Å²) < 4.78 is 4.56. The van der Waals surface area contributed by atoms with Crippen molar-refractivity contribution in [3.8, 4) is 0 Å². The first-order valence-electron chi connectivity index (χ1n) is 5.53. The number of nitrogens with zero attached hydrogens (tertiary/aromatic N) is 1. The molecule has 0 aliphatic heterocycles. The normalized spacial score (nSPS) is 9.95. The third-order valence-electron chi connectivity index (χ3n) is 2.57. The molecule has 0 atom stereocenters. The number of carboxylic acids is 1. The van der Waals surface area contributed by atoms with Crippen molar-refractivity contribution in [1.82, 2.24) is 0 Å². The molecule has 102 valence electrons. The second-order valence-electron chi connectivity index (χ2n) is 3.80. The molecule has 0 amide bonds. The van der Waals surface area contributed by atoms with Crippen LogP contribution in [0.2, 0.25) is 0 Å². The Kier molecular flexibility index (Phi) is 4.99. The smallest absolute Gasteiger partial charge is 0.338 e. The molecular weight excluding hydrogens is 254 g/mol. The molecule has 1 N–H and O–H groups in total. The summed E-state index contributed by atoms with van der Waals surface area (Å²) in [7, 11) is 1.18. The van der Waals surface area contributed by atoms with E-state index in [2.05, 4.69) is 4.74 Å². The highest BCUT2D eigenvalue weighted by molar-refractivity contribution is 5.92. The highest BCUT2D eigenvalue weighted by atomic mass is 16.6. The Morgan fingerprint density at radius 1 is 1.42 bits per heavy atom. The predicted molar refractivity (Wildman–Crippen MR) is 65.0 cm³/mol. The number of esters is 1.